The molecular weight excluding hydrogens is 297 g/mol. The molecular formula is C14H16FNO4S. The van der Waals surface area contributed by atoms with Crippen molar-refractivity contribution in [2.45, 2.75) is 10.9 Å². The highest BCUT2D eigenvalue weighted by Crippen LogP contribution is 2.22. The first-order valence-electron chi connectivity index (χ1n) is 6.46. The minimum absolute atomic E-state index is 0.0639. The zero-order valence-corrected chi connectivity index (χ0v) is 12.4. The summed E-state index contributed by atoms with van der Waals surface area (Å²) in [6.45, 7) is 0.836. The molecule has 1 aromatic carbocycles. The first-order valence-corrected chi connectivity index (χ1v) is 7.44. The Labute approximate surface area is 126 Å². The van der Waals surface area contributed by atoms with E-state index in [1.165, 1.54) is 18.1 Å². The predicted molar refractivity (Wildman–Crippen MR) is 75.5 cm³/mol. The van der Waals surface area contributed by atoms with Crippen LogP contribution in [0.1, 0.15) is 0 Å². The Morgan fingerprint density at radius 2 is 2.24 bits per heavy atom. The first kappa shape index (κ1) is 15.8. The van der Waals surface area contributed by atoms with Gasteiger partial charge in [0, 0.05) is 11.4 Å². The molecule has 1 heterocycles. The van der Waals surface area contributed by atoms with Crippen molar-refractivity contribution in [1.29, 1.82) is 0 Å². The van der Waals surface area contributed by atoms with Gasteiger partial charge in [-0.05, 0) is 12.1 Å². The van der Waals surface area contributed by atoms with E-state index in [2.05, 4.69) is 4.74 Å². The van der Waals surface area contributed by atoms with Gasteiger partial charge in [-0.3, -0.25) is 4.79 Å². The molecule has 1 atom stereocenters. The van der Waals surface area contributed by atoms with Gasteiger partial charge >= 0.3 is 5.97 Å². The number of benzene rings is 1. The number of esters is 1. The summed E-state index contributed by atoms with van der Waals surface area (Å²) < 4.78 is 23.4. The Kier molecular flexibility index (Phi) is 5.58. The number of halogens is 1. The highest BCUT2D eigenvalue weighted by molar-refractivity contribution is 8.00. The largest absolute Gasteiger partial charge is 0.467 e. The summed E-state index contributed by atoms with van der Waals surface area (Å²) in [6, 6.07) is 5.54. The van der Waals surface area contributed by atoms with Crippen LogP contribution in [0.4, 0.5) is 4.39 Å². The van der Waals surface area contributed by atoms with Crippen LogP contribution in [0.15, 0.2) is 29.2 Å². The van der Waals surface area contributed by atoms with Gasteiger partial charge in [0.2, 0.25) is 5.91 Å². The summed E-state index contributed by atoms with van der Waals surface area (Å²) in [7, 11) is 1.27. The monoisotopic (exact) mass is 313 g/mol. The molecule has 1 aliphatic rings. The lowest BCUT2D eigenvalue weighted by atomic mass is 10.2. The van der Waals surface area contributed by atoms with Crippen molar-refractivity contribution >= 4 is 23.6 Å². The van der Waals surface area contributed by atoms with Crippen LogP contribution < -0.4 is 0 Å². The van der Waals surface area contributed by atoms with Gasteiger partial charge in [-0.1, -0.05) is 12.1 Å². The molecule has 0 radical (unpaired) electrons. The van der Waals surface area contributed by atoms with E-state index in [9.17, 15) is 14.0 Å². The van der Waals surface area contributed by atoms with E-state index in [1.807, 2.05) is 0 Å². The van der Waals surface area contributed by atoms with Crippen molar-refractivity contribution in [3.8, 4) is 0 Å². The molecule has 7 heteroatoms. The molecule has 0 bridgehead atoms. The minimum atomic E-state index is -0.725. The average molecular weight is 313 g/mol. The van der Waals surface area contributed by atoms with E-state index in [4.69, 9.17) is 4.74 Å². The molecule has 1 aliphatic heterocycles. The molecule has 0 spiro atoms. The number of rotatable bonds is 4. The Balaban J connectivity index is 1.98. The zero-order chi connectivity index (χ0) is 15.2. The van der Waals surface area contributed by atoms with Crippen molar-refractivity contribution < 1.29 is 23.5 Å². The number of methoxy groups -OCH3 is 1. The average Bonchev–Trinajstić information content (AvgIpc) is 2.53. The van der Waals surface area contributed by atoms with Gasteiger partial charge in [0.05, 0.1) is 26.1 Å². The number of morpholine rings is 1. The van der Waals surface area contributed by atoms with Gasteiger partial charge in [-0.15, -0.1) is 11.8 Å². The topological polar surface area (TPSA) is 55.8 Å². The third-order valence-corrected chi connectivity index (χ3v) is 4.14. The van der Waals surface area contributed by atoms with E-state index in [0.717, 1.165) is 11.8 Å². The van der Waals surface area contributed by atoms with Gasteiger partial charge in [0.25, 0.3) is 0 Å². The number of hydrogen-bond acceptors (Lipinski definition) is 5. The molecule has 21 heavy (non-hydrogen) atoms. The second-order valence-corrected chi connectivity index (χ2v) is 5.44. The van der Waals surface area contributed by atoms with E-state index in [-0.39, 0.29) is 24.1 Å². The van der Waals surface area contributed by atoms with Crippen LogP contribution in [-0.4, -0.2) is 55.4 Å². The third kappa shape index (κ3) is 3.95. The third-order valence-electron chi connectivity index (χ3n) is 3.11. The van der Waals surface area contributed by atoms with Crippen LogP contribution in [0.2, 0.25) is 0 Å². The fourth-order valence-electron chi connectivity index (χ4n) is 2.02. The van der Waals surface area contributed by atoms with Crippen LogP contribution in [0.25, 0.3) is 0 Å². The molecule has 0 aromatic heterocycles. The summed E-state index contributed by atoms with van der Waals surface area (Å²) >= 11 is 1.11. The SMILES string of the molecule is COC(=O)C1COCCN1C(=O)CSc1ccccc1F. The standard InChI is InChI=1S/C14H16FNO4S/c1-19-14(18)11-8-20-7-6-16(11)13(17)9-21-12-5-3-2-4-10(12)15/h2-5,11H,6-9H2,1H3. The van der Waals surface area contributed by atoms with Crippen LogP contribution in [0, 0.1) is 5.82 Å². The second kappa shape index (κ2) is 7.42. The van der Waals surface area contributed by atoms with Crippen molar-refractivity contribution in [3.63, 3.8) is 0 Å². The molecule has 0 aliphatic carbocycles. The number of carbonyl (C=O) groups excluding carboxylic acids is 2. The molecule has 0 N–H and O–H groups in total. The normalized spacial score (nSPS) is 18.4. The van der Waals surface area contributed by atoms with Crippen LogP contribution in [0.3, 0.4) is 0 Å². The molecule has 114 valence electrons. The lowest BCUT2D eigenvalue weighted by Crippen LogP contribution is -2.53. The molecule has 5 nitrogen and oxygen atoms in total. The Morgan fingerprint density at radius 3 is 2.95 bits per heavy atom. The maximum Gasteiger partial charge on any atom is 0.331 e. The number of nitrogens with zero attached hydrogens (tertiary/aromatic N) is 1. The molecule has 1 aromatic rings. The summed E-state index contributed by atoms with van der Waals surface area (Å²) in [4.78, 5) is 25.7. The molecule has 0 saturated carbocycles. The van der Waals surface area contributed by atoms with E-state index >= 15 is 0 Å². The lowest BCUT2D eigenvalue weighted by molar-refractivity contribution is -0.159. The highest BCUT2D eigenvalue weighted by Gasteiger charge is 2.33. The number of ether oxygens (including phenoxy) is 2. The summed E-state index contributed by atoms with van der Waals surface area (Å²) in [6.07, 6.45) is 0. The Bertz CT molecular complexity index is 525. The fourth-order valence-corrected chi connectivity index (χ4v) is 2.84. The maximum absolute atomic E-state index is 13.5. The quantitative estimate of drug-likeness (QED) is 0.620. The summed E-state index contributed by atoms with van der Waals surface area (Å²) in [5, 5.41) is 0. The van der Waals surface area contributed by atoms with Crippen molar-refractivity contribution in [1.82, 2.24) is 4.90 Å². The highest BCUT2D eigenvalue weighted by atomic mass is 32.2. The second-order valence-electron chi connectivity index (χ2n) is 4.42. The van der Waals surface area contributed by atoms with E-state index in [0.29, 0.717) is 18.0 Å². The number of carbonyl (C=O) groups is 2. The number of thioether (sulfide) groups is 1. The van der Waals surface area contributed by atoms with Crippen LogP contribution in [-0.2, 0) is 19.1 Å². The fraction of sp³-hybridized carbons (Fsp3) is 0.429. The maximum atomic E-state index is 13.5. The Hall–Kier alpha value is -1.60. The lowest BCUT2D eigenvalue weighted by Gasteiger charge is -2.33. The first-order chi connectivity index (χ1) is 10.1. The van der Waals surface area contributed by atoms with Crippen LogP contribution in [0.5, 0.6) is 0 Å². The van der Waals surface area contributed by atoms with Crippen molar-refractivity contribution in [2.75, 3.05) is 32.6 Å². The van der Waals surface area contributed by atoms with Crippen LogP contribution >= 0.6 is 11.8 Å². The molecule has 1 amide bonds. The van der Waals surface area contributed by atoms with E-state index in [1.54, 1.807) is 18.2 Å². The van der Waals surface area contributed by atoms with Gasteiger partial charge in [0.15, 0.2) is 6.04 Å². The molecule has 2 rings (SSSR count). The Morgan fingerprint density at radius 1 is 1.48 bits per heavy atom. The van der Waals surface area contributed by atoms with Crippen molar-refractivity contribution in [2.24, 2.45) is 0 Å². The van der Waals surface area contributed by atoms with Gasteiger partial charge in [-0.25, -0.2) is 9.18 Å². The number of amides is 1. The summed E-state index contributed by atoms with van der Waals surface area (Å²) in [5.41, 5.74) is 0. The van der Waals surface area contributed by atoms with E-state index < -0.39 is 12.0 Å². The zero-order valence-electron chi connectivity index (χ0n) is 11.6. The summed E-state index contributed by atoms with van der Waals surface area (Å²) in [5.74, 6) is -1.03. The minimum Gasteiger partial charge on any atom is -0.467 e. The smallest absolute Gasteiger partial charge is 0.331 e. The molecule has 1 fully saturated rings. The number of hydrogen-bond donors (Lipinski definition) is 0. The van der Waals surface area contributed by atoms with Gasteiger partial charge in [-0.2, -0.15) is 0 Å². The predicted octanol–water partition coefficient (Wildman–Crippen LogP) is 1.32. The van der Waals surface area contributed by atoms with Gasteiger partial charge in [0.1, 0.15) is 5.82 Å². The molecule has 1 unspecified atom stereocenters. The van der Waals surface area contributed by atoms with Crippen molar-refractivity contribution in [3.05, 3.63) is 30.1 Å². The molecule has 1 saturated heterocycles. The van der Waals surface area contributed by atoms with Gasteiger partial charge < -0.3 is 14.4 Å².